The maximum Gasteiger partial charge on any atom is 0.242 e. The van der Waals surface area contributed by atoms with Crippen LogP contribution in [-0.4, -0.2) is 56.1 Å². The number of nitrogens with zero attached hydrogens (tertiary/aromatic N) is 1. The van der Waals surface area contributed by atoms with Crippen molar-refractivity contribution in [3.8, 4) is 0 Å². The second kappa shape index (κ2) is 10.0. The third-order valence-electron chi connectivity index (χ3n) is 3.73. The van der Waals surface area contributed by atoms with E-state index in [4.69, 9.17) is 5.73 Å². The van der Waals surface area contributed by atoms with Gasteiger partial charge in [0.1, 0.15) is 6.04 Å². The Bertz CT molecular complexity index is 765. The molecule has 1 aromatic carbocycles. The van der Waals surface area contributed by atoms with Crippen LogP contribution in [0.15, 0.2) is 30.3 Å². The molecule has 10 heteroatoms. The highest BCUT2D eigenvalue weighted by molar-refractivity contribution is 7.88. The molecule has 0 saturated heterocycles. The Morgan fingerprint density at radius 1 is 1.15 bits per heavy atom. The molecule has 0 aliphatic rings. The molecule has 0 spiro atoms. The number of carbonyl (C=O) groups is 3. The zero-order valence-corrected chi connectivity index (χ0v) is 16.5. The van der Waals surface area contributed by atoms with Gasteiger partial charge in [0.2, 0.25) is 27.7 Å². The van der Waals surface area contributed by atoms with E-state index in [1.165, 1.54) is 7.05 Å². The summed E-state index contributed by atoms with van der Waals surface area (Å²) in [5.74, 6) is -2.30. The van der Waals surface area contributed by atoms with Crippen molar-refractivity contribution < 1.29 is 22.8 Å². The molecule has 0 bridgehead atoms. The molecule has 1 rings (SSSR count). The molecule has 3 amide bonds. The van der Waals surface area contributed by atoms with E-state index in [2.05, 4.69) is 10.6 Å². The number of hydrogen-bond donors (Lipinski definition) is 3. The molecule has 1 atom stereocenters. The van der Waals surface area contributed by atoms with Gasteiger partial charge in [0.15, 0.2) is 0 Å². The SMILES string of the molecule is CNC(=O)[C@H](CC(N)=O)NC(=O)CN(C(C)C)S(=O)(=O)Cc1ccccc1. The number of nitrogens with two attached hydrogens (primary N) is 1. The summed E-state index contributed by atoms with van der Waals surface area (Å²) in [4.78, 5) is 35.2. The molecule has 0 unspecified atom stereocenters. The van der Waals surface area contributed by atoms with Gasteiger partial charge in [-0.2, -0.15) is 4.31 Å². The first-order valence-electron chi connectivity index (χ1n) is 8.39. The van der Waals surface area contributed by atoms with Crippen molar-refractivity contribution >= 4 is 27.7 Å². The quantitative estimate of drug-likeness (QED) is 0.480. The number of amides is 3. The third-order valence-corrected chi connectivity index (χ3v) is 5.69. The Morgan fingerprint density at radius 3 is 2.22 bits per heavy atom. The number of sulfonamides is 1. The van der Waals surface area contributed by atoms with Gasteiger partial charge in [-0.25, -0.2) is 8.42 Å². The summed E-state index contributed by atoms with van der Waals surface area (Å²) in [7, 11) is -2.42. The minimum absolute atomic E-state index is 0.251. The van der Waals surface area contributed by atoms with Crippen molar-refractivity contribution in [1.29, 1.82) is 0 Å². The Morgan fingerprint density at radius 2 is 1.74 bits per heavy atom. The van der Waals surface area contributed by atoms with E-state index in [0.717, 1.165) is 4.31 Å². The summed E-state index contributed by atoms with van der Waals surface area (Å²) < 4.78 is 26.5. The first kappa shape index (κ1) is 22.6. The normalized spacial score (nSPS) is 12.6. The Balaban J connectivity index is 2.90. The third kappa shape index (κ3) is 7.35. The fourth-order valence-electron chi connectivity index (χ4n) is 2.44. The summed E-state index contributed by atoms with van der Waals surface area (Å²) in [5.41, 5.74) is 5.69. The number of rotatable bonds is 10. The molecule has 150 valence electrons. The first-order chi connectivity index (χ1) is 12.6. The summed E-state index contributed by atoms with van der Waals surface area (Å²) in [5, 5.41) is 4.68. The number of carbonyl (C=O) groups excluding carboxylic acids is 3. The van der Waals surface area contributed by atoms with E-state index in [9.17, 15) is 22.8 Å². The zero-order valence-electron chi connectivity index (χ0n) is 15.6. The van der Waals surface area contributed by atoms with Crippen LogP contribution in [0.1, 0.15) is 25.8 Å². The Kier molecular flexibility index (Phi) is 8.38. The highest BCUT2D eigenvalue weighted by atomic mass is 32.2. The average Bonchev–Trinajstić information content (AvgIpc) is 2.58. The molecule has 1 aromatic rings. The molecule has 0 aliphatic heterocycles. The van der Waals surface area contributed by atoms with Gasteiger partial charge < -0.3 is 16.4 Å². The van der Waals surface area contributed by atoms with E-state index in [0.29, 0.717) is 5.56 Å². The lowest BCUT2D eigenvalue weighted by Gasteiger charge is -2.26. The molecule has 0 fully saturated rings. The van der Waals surface area contributed by atoms with Gasteiger partial charge in [0.25, 0.3) is 0 Å². The molecule has 0 aromatic heterocycles. The first-order valence-corrected chi connectivity index (χ1v) is 10.0. The summed E-state index contributed by atoms with van der Waals surface area (Å²) in [6.07, 6.45) is -0.385. The molecular formula is C17H26N4O5S. The fraction of sp³-hybridized carbons (Fsp3) is 0.471. The van der Waals surface area contributed by atoms with E-state index in [-0.39, 0.29) is 12.2 Å². The largest absolute Gasteiger partial charge is 0.370 e. The van der Waals surface area contributed by atoms with Crippen LogP contribution in [0.2, 0.25) is 0 Å². The predicted octanol–water partition coefficient (Wildman–Crippen LogP) is -0.667. The number of primary amides is 1. The van der Waals surface area contributed by atoms with Crippen LogP contribution in [0.5, 0.6) is 0 Å². The molecule has 27 heavy (non-hydrogen) atoms. The molecule has 0 radical (unpaired) electrons. The topological polar surface area (TPSA) is 139 Å². The standard InChI is InChI=1S/C17H26N4O5S/c1-12(2)21(27(25,26)11-13-7-5-4-6-8-13)10-16(23)20-14(9-15(18)22)17(24)19-3/h4-8,12,14H,9-11H2,1-3H3,(H2,18,22)(H,19,24)(H,20,23)/t14-/m0/s1. The van der Waals surface area contributed by atoms with Gasteiger partial charge in [-0.15, -0.1) is 0 Å². The van der Waals surface area contributed by atoms with Gasteiger partial charge in [-0.1, -0.05) is 30.3 Å². The summed E-state index contributed by atoms with van der Waals surface area (Å²) >= 11 is 0. The molecule has 0 saturated carbocycles. The number of likely N-dealkylation sites (N-methyl/N-ethyl adjacent to an activating group) is 1. The summed E-state index contributed by atoms with van der Waals surface area (Å²) in [6.45, 7) is 2.82. The fourth-order valence-corrected chi connectivity index (χ4v) is 4.17. The predicted molar refractivity (Wildman–Crippen MR) is 101 cm³/mol. The van der Waals surface area contributed by atoms with Crippen LogP contribution in [0.4, 0.5) is 0 Å². The van der Waals surface area contributed by atoms with Crippen molar-refractivity contribution in [2.45, 2.75) is 38.1 Å². The van der Waals surface area contributed by atoms with Crippen LogP contribution >= 0.6 is 0 Å². The molecule has 4 N–H and O–H groups in total. The average molecular weight is 398 g/mol. The molecule has 0 heterocycles. The van der Waals surface area contributed by atoms with Crippen molar-refractivity contribution in [3.63, 3.8) is 0 Å². The van der Waals surface area contributed by atoms with Gasteiger partial charge in [-0.05, 0) is 19.4 Å². The molecular weight excluding hydrogens is 372 g/mol. The second-order valence-electron chi connectivity index (χ2n) is 6.29. The smallest absolute Gasteiger partial charge is 0.242 e. The van der Waals surface area contributed by atoms with Crippen LogP contribution in [0, 0.1) is 0 Å². The maximum absolute atomic E-state index is 12.7. The van der Waals surface area contributed by atoms with Crippen LogP contribution in [-0.2, 0) is 30.2 Å². The van der Waals surface area contributed by atoms with Gasteiger partial charge in [0, 0.05) is 13.1 Å². The Labute approximate surface area is 159 Å². The van der Waals surface area contributed by atoms with Crippen LogP contribution < -0.4 is 16.4 Å². The van der Waals surface area contributed by atoms with Crippen molar-refractivity contribution in [1.82, 2.24) is 14.9 Å². The maximum atomic E-state index is 12.7. The van der Waals surface area contributed by atoms with Crippen molar-refractivity contribution in [2.24, 2.45) is 5.73 Å². The van der Waals surface area contributed by atoms with Crippen molar-refractivity contribution in [2.75, 3.05) is 13.6 Å². The van der Waals surface area contributed by atoms with E-state index in [1.54, 1.807) is 44.2 Å². The zero-order chi connectivity index (χ0) is 20.6. The highest BCUT2D eigenvalue weighted by Crippen LogP contribution is 2.13. The van der Waals surface area contributed by atoms with Gasteiger partial charge >= 0.3 is 0 Å². The summed E-state index contributed by atoms with van der Waals surface area (Å²) in [6, 6.07) is 6.98. The van der Waals surface area contributed by atoms with E-state index in [1.807, 2.05) is 0 Å². The Hall–Kier alpha value is -2.46. The molecule has 0 aliphatic carbocycles. The van der Waals surface area contributed by atoms with E-state index < -0.39 is 46.4 Å². The van der Waals surface area contributed by atoms with Crippen molar-refractivity contribution in [3.05, 3.63) is 35.9 Å². The van der Waals surface area contributed by atoms with Crippen LogP contribution in [0.3, 0.4) is 0 Å². The minimum Gasteiger partial charge on any atom is -0.370 e. The molecule has 9 nitrogen and oxygen atoms in total. The number of benzene rings is 1. The minimum atomic E-state index is -3.77. The lowest BCUT2D eigenvalue weighted by molar-refractivity contribution is -0.131. The number of hydrogen-bond acceptors (Lipinski definition) is 5. The van der Waals surface area contributed by atoms with Gasteiger partial charge in [0.05, 0.1) is 18.7 Å². The van der Waals surface area contributed by atoms with Gasteiger partial charge in [-0.3, -0.25) is 14.4 Å². The monoisotopic (exact) mass is 398 g/mol. The lowest BCUT2D eigenvalue weighted by atomic mass is 10.2. The highest BCUT2D eigenvalue weighted by Gasteiger charge is 2.29. The second-order valence-corrected chi connectivity index (χ2v) is 8.21. The van der Waals surface area contributed by atoms with Crippen LogP contribution in [0.25, 0.3) is 0 Å². The van der Waals surface area contributed by atoms with E-state index >= 15 is 0 Å². The number of nitrogens with one attached hydrogen (secondary N) is 2. The lowest BCUT2D eigenvalue weighted by Crippen LogP contribution is -2.52.